The third-order valence-corrected chi connectivity index (χ3v) is 5.15. The molecule has 1 rings (SSSR count). The molecule has 1 fully saturated rings. The Morgan fingerprint density at radius 2 is 1.62 bits per heavy atom. The first-order valence-corrected chi connectivity index (χ1v) is 6.71. The normalized spacial score (nSPS) is 21.6. The summed E-state index contributed by atoms with van der Waals surface area (Å²) in [7, 11) is -3.40. The van der Waals surface area contributed by atoms with Crippen LogP contribution in [0.1, 0.15) is 26.7 Å². The van der Waals surface area contributed by atoms with E-state index in [9.17, 15) is 21.6 Å². The van der Waals surface area contributed by atoms with Gasteiger partial charge in [0.1, 0.15) is 0 Å². The van der Waals surface area contributed by atoms with Gasteiger partial charge in [-0.1, -0.05) is 0 Å². The van der Waals surface area contributed by atoms with Gasteiger partial charge in [-0.2, -0.15) is 13.2 Å². The van der Waals surface area contributed by atoms with Crippen LogP contribution >= 0.6 is 0 Å². The summed E-state index contributed by atoms with van der Waals surface area (Å²) >= 11 is 0. The Labute approximate surface area is 93.7 Å². The van der Waals surface area contributed by atoms with Crippen LogP contribution in [-0.4, -0.2) is 37.2 Å². The van der Waals surface area contributed by atoms with Crippen LogP contribution < -0.4 is 0 Å². The second kappa shape index (κ2) is 4.52. The van der Waals surface area contributed by atoms with Crippen molar-refractivity contribution >= 4 is 10.0 Å². The fourth-order valence-corrected chi connectivity index (χ4v) is 3.05. The van der Waals surface area contributed by atoms with Crippen LogP contribution in [0.25, 0.3) is 0 Å². The molecule has 1 saturated heterocycles. The average Bonchev–Trinajstić information content (AvgIpc) is 2.16. The molecule has 0 aliphatic carbocycles. The highest BCUT2D eigenvalue weighted by atomic mass is 32.2. The van der Waals surface area contributed by atoms with E-state index < -0.39 is 27.4 Å². The van der Waals surface area contributed by atoms with Gasteiger partial charge >= 0.3 is 6.18 Å². The minimum absolute atomic E-state index is 0.0231. The van der Waals surface area contributed by atoms with Crippen molar-refractivity contribution < 1.29 is 21.6 Å². The lowest BCUT2D eigenvalue weighted by Gasteiger charge is -2.33. The largest absolute Gasteiger partial charge is 0.391 e. The highest BCUT2D eigenvalue weighted by Crippen LogP contribution is 2.34. The van der Waals surface area contributed by atoms with Gasteiger partial charge in [0.15, 0.2) is 0 Å². The van der Waals surface area contributed by atoms with E-state index in [1.54, 1.807) is 0 Å². The first kappa shape index (κ1) is 13.8. The van der Waals surface area contributed by atoms with Gasteiger partial charge in [0, 0.05) is 13.1 Å². The molecule has 0 unspecified atom stereocenters. The maximum absolute atomic E-state index is 12.4. The SMILES string of the molecule is CC(C)S(=O)(=O)N1CCC(C(F)(F)F)CC1. The molecular formula is C9H16F3NO2S. The van der Waals surface area contributed by atoms with Crippen LogP contribution in [0.2, 0.25) is 0 Å². The zero-order valence-electron chi connectivity index (χ0n) is 9.29. The Hall–Kier alpha value is -0.300. The van der Waals surface area contributed by atoms with E-state index in [-0.39, 0.29) is 25.9 Å². The minimum Gasteiger partial charge on any atom is -0.212 e. The monoisotopic (exact) mass is 259 g/mol. The first-order chi connectivity index (χ1) is 7.15. The summed E-state index contributed by atoms with van der Waals surface area (Å²) in [5, 5.41) is -0.574. The smallest absolute Gasteiger partial charge is 0.212 e. The Morgan fingerprint density at radius 1 is 1.19 bits per heavy atom. The van der Waals surface area contributed by atoms with Gasteiger partial charge < -0.3 is 0 Å². The summed E-state index contributed by atoms with van der Waals surface area (Å²) < 4.78 is 61.6. The number of alkyl halides is 3. The van der Waals surface area contributed by atoms with Crippen LogP contribution in [0.15, 0.2) is 0 Å². The standard InChI is InChI=1S/C9H16F3NO2S/c1-7(2)16(14,15)13-5-3-8(4-6-13)9(10,11)12/h7-8H,3-6H2,1-2H3. The number of nitrogens with zero attached hydrogens (tertiary/aromatic N) is 1. The van der Waals surface area contributed by atoms with E-state index in [1.807, 2.05) is 0 Å². The van der Waals surface area contributed by atoms with Gasteiger partial charge in [0.05, 0.1) is 11.2 Å². The average molecular weight is 259 g/mol. The molecule has 0 spiro atoms. The first-order valence-electron chi connectivity index (χ1n) is 5.21. The number of halogens is 3. The van der Waals surface area contributed by atoms with E-state index in [4.69, 9.17) is 0 Å². The molecule has 0 bridgehead atoms. The van der Waals surface area contributed by atoms with Crippen molar-refractivity contribution in [1.82, 2.24) is 4.31 Å². The molecule has 0 radical (unpaired) electrons. The van der Waals surface area contributed by atoms with Crippen molar-refractivity contribution in [3.05, 3.63) is 0 Å². The van der Waals surface area contributed by atoms with Crippen molar-refractivity contribution in [2.45, 2.75) is 38.1 Å². The molecule has 96 valence electrons. The van der Waals surface area contributed by atoms with Crippen molar-refractivity contribution in [1.29, 1.82) is 0 Å². The van der Waals surface area contributed by atoms with E-state index in [0.29, 0.717) is 0 Å². The summed E-state index contributed by atoms with van der Waals surface area (Å²) in [6.07, 6.45) is -4.46. The lowest BCUT2D eigenvalue weighted by Crippen LogP contribution is -2.44. The van der Waals surface area contributed by atoms with Crippen molar-refractivity contribution in [2.24, 2.45) is 5.92 Å². The molecule has 1 aliphatic rings. The van der Waals surface area contributed by atoms with E-state index in [2.05, 4.69) is 0 Å². The van der Waals surface area contributed by atoms with Gasteiger partial charge in [-0.05, 0) is 26.7 Å². The van der Waals surface area contributed by atoms with Gasteiger partial charge in [0.25, 0.3) is 0 Å². The van der Waals surface area contributed by atoms with Gasteiger partial charge in [0.2, 0.25) is 10.0 Å². The Balaban J connectivity index is 2.63. The van der Waals surface area contributed by atoms with E-state index in [1.165, 1.54) is 18.2 Å². The molecule has 16 heavy (non-hydrogen) atoms. The number of piperidine rings is 1. The van der Waals surface area contributed by atoms with Gasteiger partial charge in [-0.3, -0.25) is 0 Å². The molecule has 0 aromatic carbocycles. The number of sulfonamides is 1. The second-order valence-electron chi connectivity index (χ2n) is 4.31. The molecule has 0 aromatic rings. The molecule has 0 saturated carbocycles. The second-order valence-corrected chi connectivity index (χ2v) is 6.80. The molecular weight excluding hydrogens is 243 g/mol. The molecule has 0 amide bonds. The highest BCUT2D eigenvalue weighted by molar-refractivity contribution is 7.89. The number of hydrogen-bond acceptors (Lipinski definition) is 2. The fourth-order valence-electron chi connectivity index (χ4n) is 1.74. The van der Waals surface area contributed by atoms with Crippen LogP contribution in [0.4, 0.5) is 13.2 Å². The fraction of sp³-hybridized carbons (Fsp3) is 1.00. The third kappa shape index (κ3) is 2.88. The van der Waals surface area contributed by atoms with Crippen LogP contribution in [0.3, 0.4) is 0 Å². The van der Waals surface area contributed by atoms with Crippen LogP contribution in [0, 0.1) is 5.92 Å². The maximum atomic E-state index is 12.4. The summed E-state index contributed by atoms with van der Waals surface area (Å²) in [5.74, 6) is -1.36. The maximum Gasteiger partial charge on any atom is 0.391 e. The van der Waals surface area contributed by atoms with Gasteiger partial charge in [-0.15, -0.1) is 0 Å². The third-order valence-electron chi connectivity index (χ3n) is 2.87. The summed E-state index contributed by atoms with van der Waals surface area (Å²) in [4.78, 5) is 0. The summed E-state index contributed by atoms with van der Waals surface area (Å²) in [6, 6.07) is 0. The van der Waals surface area contributed by atoms with Crippen LogP contribution in [-0.2, 0) is 10.0 Å². The summed E-state index contributed by atoms with van der Waals surface area (Å²) in [6.45, 7) is 3.02. The Bertz CT molecular complexity index is 329. The Morgan fingerprint density at radius 3 is 1.94 bits per heavy atom. The molecule has 0 aromatic heterocycles. The van der Waals surface area contributed by atoms with Gasteiger partial charge in [-0.25, -0.2) is 12.7 Å². The molecule has 0 atom stereocenters. The molecule has 1 heterocycles. The highest BCUT2D eigenvalue weighted by Gasteiger charge is 2.43. The quantitative estimate of drug-likeness (QED) is 0.760. The van der Waals surface area contributed by atoms with Crippen LogP contribution in [0.5, 0.6) is 0 Å². The predicted octanol–water partition coefficient (Wildman–Crippen LogP) is 2.00. The molecule has 7 heteroatoms. The number of rotatable bonds is 2. The van der Waals surface area contributed by atoms with Crippen molar-refractivity contribution in [3.8, 4) is 0 Å². The lowest BCUT2D eigenvalue weighted by molar-refractivity contribution is -0.182. The lowest BCUT2D eigenvalue weighted by atomic mass is 9.98. The molecule has 1 aliphatic heterocycles. The molecule has 3 nitrogen and oxygen atoms in total. The Kier molecular flexibility index (Phi) is 3.89. The zero-order valence-corrected chi connectivity index (χ0v) is 10.1. The minimum atomic E-state index is -4.20. The topological polar surface area (TPSA) is 37.4 Å². The van der Waals surface area contributed by atoms with Crippen molar-refractivity contribution in [3.63, 3.8) is 0 Å². The number of hydrogen-bond donors (Lipinski definition) is 0. The predicted molar refractivity (Wildman–Crippen MR) is 54.4 cm³/mol. The zero-order chi connectivity index (χ0) is 12.6. The van der Waals surface area contributed by atoms with E-state index >= 15 is 0 Å². The molecule has 0 N–H and O–H groups in total. The van der Waals surface area contributed by atoms with E-state index in [0.717, 1.165) is 0 Å². The summed E-state index contributed by atoms with van der Waals surface area (Å²) in [5.41, 5.74) is 0. The van der Waals surface area contributed by atoms with Crippen molar-refractivity contribution in [2.75, 3.05) is 13.1 Å².